The van der Waals surface area contributed by atoms with E-state index in [1.165, 1.54) is 5.01 Å². The predicted molar refractivity (Wildman–Crippen MR) is 59.1 cm³/mol. The molecule has 0 aromatic rings. The van der Waals surface area contributed by atoms with Gasteiger partial charge in [0.2, 0.25) is 0 Å². The Morgan fingerprint density at radius 1 is 1.59 bits per heavy atom. The summed E-state index contributed by atoms with van der Waals surface area (Å²) in [6, 6.07) is 0. The third-order valence-corrected chi connectivity index (χ3v) is 5.88. The molecule has 4 bridgehead atoms. The van der Waals surface area contributed by atoms with Gasteiger partial charge in [0, 0.05) is 15.7 Å². The van der Waals surface area contributed by atoms with Crippen molar-refractivity contribution in [1.82, 2.24) is 5.01 Å². The highest BCUT2D eigenvalue weighted by molar-refractivity contribution is 5.26. The lowest BCUT2D eigenvalue weighted by molar-refractivity contribution is -0.675. The van der Waals surface area contributed by atoms with Gasteiger partial charge in [-0.15, -0.1) is 5.01 Å². The molecule has 2 aliphatic carbocycles. The quantitative estimate of drug-likeness (QED) is 0.242. The Morgan fingerprint density at radius 3 is 2.82 bits per heavy atom. The number of nitro groups is 1. The lowest BCUT2D eigenvalue weighted by Gasteiger charge is -2.39. The first-order valence-electron chi connectivity index (χ1n) is 5.89. The van der Waals surface area contributed by atoms with Gasteiger partial charge in [0.1, 0.15) is 0 Å². The van der Waals surface area contributed by atoms with Crippen LogP contribution in [-0.4, -0.2) is 22.2 Å². The van der Waals surface area contributed by atoms with Crippen molar-refractivity contribution >= 4 is 0 Å². The second-order valence-corrected chi connectivity index (χ2v) is 5.99. The average molecular weight is 237 g/mol. The summed E-state index contributed by atoms with van der Waals surface area (Å²) in [6.45, 7) is 4.57. The van der Waals surface area contributed by atoms with Crippen LogP contribution in [0.5, 0.6) is 0 Å². The summed E-state index contributed by atoms with van der Waals surface area (Å²) < 4.78 is 0. The molecule has 3 aliphatic rings. The smallest absolute Gasteiger partial charge is 0.184 e. The van der Waals surface area contributed by atoms with Gasteiger partial charge in [-0.1, -0.05) is 19.0 Å². The van der Waals surface area contributed by atoms with Gasteiger partial charge in [0.25, 0.3) is 0 Å². The van der Waals surface area contributed by atoms with Gasteiger partial charge in [0.05, 0.1) is 6.54 Å². The summed E-state index contributed by atoms with van der Waals surface area (Å²) in [5.41, 5.74) is 7.49. The number of hydrogen-bond acceptors (Lipinski definition) is 3. The molecule has 0 aromatic carbocycles. The molecule has 0 N–H and O–H groups in total. The van der Waals surface area contributed by atoms with Gasteiger partial charge >= 0.3 is 0 Å². The van der Waals surface area contributed by atoms with Gasteiger partial charge in [-0.3, -0.25) is 0 Å². The average Bonchev–Trinajstić information content (AvgIpc) is 2.69. The Labute approximate surface area is 98.5 Å². The summed E-state index contributed by atoms with van der Waals surface area (Å²) >= 11 is 0. The number of rotatable bonds is 2. The van der Waals surface area contributed by atoms with Gasteiger partial charge < -0.3 is 0 Å². The van der Waals surface area contributed by atoms with Crippen LogP contribution < -0.4 is 0 Å². The topological polar surface area (TPSA) is 95.1 Å². The van der Waals surface area contributed by atoms with E-state index in [0.29, 0.717) is 18.9 Å². The Morgan fingerprint density at radius 2 is 2.29 bits per heavy atom. The third kappa shape index (κ3) is 0.824. The maximum atomic E-state index is 11.2. The first kappa shape index (κ1) is 10.7. The number of piperidine rings is 1. The van der Waals surface area contributed by atoms with Crippen LogP contribution in [0.25, 0.3) is 10.4 Å². The molecule has 3 fully saturated rings. The van der Waals surface area contributed by atoms with E-state index in [4.69, 9.17) is 5.53 Å². The molecule has 4 atom stereocenters. The van der Waals surface area contributed by atoms with Crippen molar-refractivity contribution < 1.29 is 5.03 Å². The minimum Gasteiger partial charge on any atom is -0.235 e. The molecule has 1 aliphatic heterocycles. The van der Waals surface area contributed by atoms with Gasteiger partial charge in [-0.2, -0.15) is 0 Å². The highest BCUT2D eigenvalue weighted by atomic mass is 16.7. The van der Waals surface area contributed by atoms with E-state index < -0.39 is 5.66 Å². The monoisotopic (exact) mass is 237 g/mol. The number of nitrogens with zero attached hydrogens (tertiary/aromatic N) is 5. The number of azide groups is 1. The third-order valence-electron chi connectivity index (χ3n) is 5.88. The van der Waals surface area contributed by atoms with E-state index in [9.17, 15) is 10.1 Å². The zero-order valence-electron chi connectivity index (χ0n) is 9.96. The van der Waals surface area contributed by atoms with Crippen LogP contribution >= 0.6 is 0 Å². The molecule has 17 heavy (non-hydrogen) atoms. The van der Waals surface area contributed by atoms with E-state index in [0.717, 1.165) is 12.8 Å². The molecule has 0 amide bonds. The molecule has 2 saturated carbocycles. The summed E-state index contributed by atoms with van der Waals surface area (Å²) in [4.78, 5) is 14.1. The number of hydrazine groups is 1. The van der Waals surface area contributed by atoms with Gasteiger partial charge in [-0.05, 0) is 30.7 Å². The maximum Gasteiger partial charge on any atom is 0.184 e. The molecule has 0 unspecified atom stereocenters. The van der Waals surface area contributed by atoms with Crippen molar-refractivity contribution in [3.05, 3.63) is 20.6 Å². The maximum absolute atomic E-state index is 11.2. The molecule has 1 saturated heterocycles. The molecule has 3 rings (SSSR count). The van der Waals surface area contributed by atoms with Crippen LogP contribution in [0.4, 0.5) is 0 Å². The van der Waals surface area contributed by atoms with Crippen molar-refractivity contribution in [2.75, 3.05) is 6.54 Å². The van der Waals surface area contributed by atoms with Crippen LogP contribution in [-0.2, 0) is 0 Å². The van der Waals surface area contributed by atoms with Crippen molar-refractivity contribution in [2.24, 2.45) is 21.9 Å². The predicted octanol–water partition coefficient (Wildman–Crippen LogP) is 2.33. The minimum atomic E-state index is -0.942. The first-order chi connectivity index (χ1) is 7.91. The Kier molecular flexibility index (Phi) is 1.67. The Hall–Kier alpha value is -1.49. The molecule has 7 nitrogen and oxygen atoms in total. The van der Waals surface area contributed by atoms with Gasteiger partial charge in [0.15, 0.2) is 10.7 Å². The van der Waals surface area contributed by atoms with Crippen LogP contribution in [0.3, 0.4) is 0 Å². The lowest BCUT2D eigenvalue weighted by Crippen LogP contribution is -2.53. The summed E-state index contributed by atoms with van der Waals surface area (Å²) in [5, 5.41) is 15.9. The van der Waals surface area contributed by atoms with E-state index in [1.807, 2.05) is 0 Å². The molecule has 0 radical (unpaired) electrons. The SMILES string of the molecule is C[C@@]12CC[C@@H]3C[C@]1(N=[N+]=[N-])N([N+](=O)[O-])C[C@]32C. The molecule has 92 valence electrons. The van der Waals surface area contributed by atoms with Crippen molar-refractivity contribution in [3.63, 3.8) is 0 Å². The first-order valence-corrected chi connectivity index (χ1v) is 5.89. The van der Waals surface area contributed by atoms with E-state index in [1.54, 1.807) is 0 Å². The van der Waals surface area contributed by atoms with Crippen molar-refractivity contribution in [1.29, 1.82) is 0 Å². The fourth-order valence-corrected chi connectivity index (χ4v) is 4.68. The fraction of sp³-hybridized carbons (Fsp3) is 1.00. The fourth-order valence-electron chi connectivity index (χ4n) is 4.68. The molecular formula is C10H15N5O2. The second-order valence-electron chi connectivity index (χ2n) is 5.99. The van der Waals surface area contributed by atoms with Gasteiger partial charge in [-0.25, -0.2) is 10.1 Å². The second kappa shape index (κ2) is 2.67. The van der Waals surface area contributed by atoms with Crippen molar-refractivity contribution in [3.8, 4) is 0 Å². The molecule has 0 spiro atoms. The van der Waals surface area contributed by atoms with E-state index >= 15 is 0 Å². The largest absolute Gasteiger partial charge is 0.235 e. The van der Waals surface area contributed by atoms with E-state index in [2.05, 4.69) is 23.9 Å². The summed E-state index contributed by atoms with van der Waals surface area (Å²) in [5.74, 6) is 0.453. The summed E-state index contributed by atoms with van der Waals surface area (Å²) in [7, 11) is 0. The molecule has 0 aromatic heterocycles. The zero-order valence-corrected chi connectivity index (χ0v) is 9.96. The zero-order chi connectivity index (χ0) is 12.5. The number of hydrogen-bond donors (Lipinski definition) is 0. The molecule has 7 heteroatoms. The van der Waals surface area contributed by atoms with Crippen LogP contribution in [0.15, 0.2) is 5.11 Å². The van der Waals surface area contributed by atoms with E-state index in [-0.39, 0.29) is 15.9 Å². The molecule has 1 heterocycles. The van der Waals surface area contributed by atoms with Crippen molar-refractivity contribution in [2.45, 2.75) is 38.8 Å². The molecular weight excluding hydrogens is 222 g/mol. The van der Waals surface area contributed by atoms with Crippen LogP contribution in [0.1, 0.15) is 33.1 Å². The lowest BCUT2D eigenvalue weighted by atomic mass is 9.69. The Bertz CT molecular complexity index is 462. The standard InChI is InChI=1S/C10H15N5O2/c1-8-6-14(15(16)17)10(12-13-11)5-7(8)3-4-9(8,10)2/h7H,3-6H2,1-2H3/t7-,8-,9+,10+/m1/s1. The highest BCUT2D eigenvalue weighted by Crippen LogP contribution is 2.76. The van der Waals surface area contributed by atoms with Crippen LogP contribution in [0, 0.1) is 26.9 Å². The summed E-state index contributed by atoms with van der Waals surface area (Å²) in [6.07, 6.45) is 2.64. The normalized spacial score (nSPS) is 50.5. The highest BCUT2D eigenvalue weighted by Gasteiger charge is 2.81. The van der Waals surface area contributed by atoms with Crippen LogP contribution in [0.2, 0.25) is 0 Å². The Balaban J connectivity index is 2.20. The minimum absolute atomic E-state index is 0.0890.